The highest BCUT2D eigenvalue weighted by molar-refractivity contribution is 7.89. The molecule has 0 bridgehead atoms. The normalized spacial score (nSPS) is 23.9. The van der Waals surface area contributed by atoms with Crippen LogP contribution in [0.1, 0.15) is 13.3 Å². The van der Waals surface area contributed by atoms with Crippen LogP contribution in [0.15, 0.2) is 23.1 Å². The second-order valence-electron chi connectivity index (χ2n) is 4.74. The van der Waals surface area contributed by atoms with Crippen LogP contribution in [-0.4, -0.2) is 36.4 Å². The number of hydrogen-bond donors (Lipinski definition) is 1. The van der Waals surface area contributed by atoms with Crippen LogP contribution < -0.4 is 0 Å². The van der Waals surface area contributed by atoms with E-state index in [1.807, 2.05) is 0 Å². The predicted octanol–water partition coefficient (Wildman–Crippen LogP) is 2.48. The molecule has 1 heterocycles. The van der Waals surface area contributed by atoms with Crippen LogP contribution in [0, 0.1) is 5.92 Å². The van der Waals surface area contributed by atoms with Gasteiger partial charge in [0.15, 0.2) is 0 Å². The molecule has 0 saturated carbocycles. The zero-order chi connectivity index (χ0) is 15.1. The van der Waals surface area contributed by atoms with E-state index >= 15 is 0 Å². The molecule has 0 spiro atoms. The summed E-state index contributed by atoms with van der Waals surface area (Å²) in [5, 5.41) is 9.57. The highest BCUT2D eigenvalue weighted by Crippen LogP contribution is 2.32. The Morgan fingerprint density at radius 1 is 1.35 bits per heavy atom. The first-order valence-corrected chi connectivity index (χ1v) is 8.14. The first kappa shape index (κ1) is 15.6. The quantitative estimate of drug-likeness (QED) is 0.919. The van der Waals surface area contributed by atoms with Gasteiger partial charge in [0.05, 0.1) is 14.9 Å². The molecule has 1 saturated heterocycles. The monoisotopic (exact) mass is 337 g/mol. The Morgan fingerprint density at radius 2 is 2.00 bits per heavy atom. The van der Waals surface area contributed by atoms with E-state index in [2.05, 4.69) is 0 Å². The maximum atomic E-state index is 12.5. The number of carbonyl (C=O) groups is 1. The predicted molar refractivity (Wildman–Crippen MR) is 75.6 cm³/mol. The summed E-state index contributed by atoms with van der Waals surface area (Å²) in [6.45, 7) is 1.91. The van der Waals surface area contributed by atoms with Crippen molar-refractivity contribution >= 4 is 39.2 Å². The lowest BCUT2D eigenvalue weighted by Crippen LogP contribution is -2.42. The van der Waals surface area contributed by atoms with Gasteiger partial charge in [0.2, 0.25) is 10.0 Å². The molecule has 20 heavy (non-hydrogen) atoms. The summed E-state index contributed by atoms with van der Waals surface area (Å²) in [7, 11) is -3.90. The Morgan fingerprint density at radius 3 is 2.55 bits per heavy atom. The van der Waals surface area contributed by atoms with Crippen LogP contribution in [0.25, 0.3) is 0 Å². The van der Waals surface area contributed by atoms with Crippen LogP contribution in [-0.2, 0) is 14.8 Å². The number of nitrogens with zero attached hydrogens (tertiary/aromatic N) is 1. The topological polar surface area (TPSA) is 74.7 Å². The van der Waals surface area contributed by atoms with E-state index in [9.17, 15) is 18.3 Å². The average Bonchev–Trinajstić information content (AvgIpc) is 2.75. The van der Waals surface area contributed by atoms with Crippen molar-refractivity contribution in [3.8, 4) is 0 Å². The van der Waals surface area contributed by atoms with E-state index in [-0.39, 0.29) is 27.4 Å². The minimum absolute atomic E-state index is 0.0488. The molecule has 5 nitrogen and oxygen atoms in total. The SMILES string of the molecule is CC1CCN(S(=O)(=O)c2ccc(Cl)c(Cl)c2)C1C(=O)O. The third-order valence-corrected chi connectivity index (χ3v) is 6.02. The van der Waals surface area contributed by atoms with Gasteiger partial charge in [0.1, 0.15) is 6.04 Å². The Hall–Kier alpha value is -0.820. The lowest BCUT2D eigenvalue weighted by Gasteiger charge is -2.23. The van der Waals surface area contributed by atoms with E-state index in [1.165, 1.54) is 18.2 Å². The van der Waals surface area contributed by atoms with Gasteiger partial charge in [-0.25, -0.2) is 8.42 Å². The summed E-state index contributed by atoms with van der Waals surface area (Å²) in [5.74, 6) is -1.37. The molecule has 110 valence electrons. The first-order valence-electron chi connectivity index (χ1n) is 5.95. The molecule has 1 aliphatic rings. The molecule has 1 aliphatic heterocycles. The lowest BCUT2D eigenvalue weighted by molar-refractivity contribution is -0.141. The van der Waals surface area contributed by atoms with Crippen LogP contribution in [0.5, 0.6) is 0 Å². The average molecular weight is 338 g/mol. The summed E-state index contributed by atoms with van der Waals surface area (Å²) in [6.07, 6.45) is 0.511. The summed E-state index contributed by atoms with van der Waals surface area (Å²) >= 11 is 11.6. The fourth-order valence-electron chi connectivity index (χ4n) is 2.32. The summed E-state index contributed by atoms with van der Waals surface area (Å²) in [5.41, 5.74) is 0. The fraction of sp³-hybridized carbons (Fsp3) is 0.417. The van der Waals surface area contributed by atoms with Gasteiger partial charge in [-0.15, -0.1) is 0 Å². The molecule has 1 fully saturated rings. The van der Waals surface area contributed by atoms with Crippen molar-refractivity contribution < 1.29 is 18.3 Å². The third-order valence-electron chi connectivity index (χ3n) is 3.40. The second-order valence-corrected chi connectivity index (χ2v) is 7.45. The Balaban J connectivity index is 2.44. The standard InChI is InChI=1S/C12H13Cl2NO4S/c1-7-4-5-15(11(7)12(16)17)20(18,19)8-2-3-9(13)10(14)6-8/h2-3,6-7,11H,4-5H2,1H3,(H,16,17). The minimum Gasteiger partial charge on any atom is -0.480 e. The van der Waals surface area contributed by atoms with Crippen molar-refractivity contribution in [2.24, 2.45) is 5.92 Å². The van der Waals surface area contributed by atoms with Gasteiger partial charge < -0.3 is 5.11 Å². The smallest absolute Gasteiger partial charge is 0.322 e. The molecule has 1 aromatic rings. The zero-order valence-corrected chi connectivity index (χ0v) is 12.9. The highest BCUT2D eigenvalue weighted by Gasteiger charge is 2.43. The van der Waals surface area contributed by atoms with E-state index in [0.29, 0.717) is 6.42 Å². The number of rotatable bonds is 3. The van der Waals surface area contributed by atoms with Crippen molar-refractivity contribution in [3.05, 3.63) is 28.2 Å². The molecule has 1 aromatic carbocycles. The molecule has 8 heteroatoms. The largest absolute Gasteiger partial charge is 0.480 e. The third kappa shape index (κ3) is 2.65. The summed E-state index contributed by atoms with van der Waals surface area (Å²) in [4.78, 5) is 11.2. The van der Waals surface area contributed by atoms with Crippen LogP contribution in [0.2, 0.25) is 10.0 Å². The molecule has 2 rings (SSSR count). The lowest BCUT2D eigenvalue weighted by atomic mass is 10.0. The molecule has 0 amide bonds. The first-order chi connectivity index (χ1) is 9.25. The van der Waals surface area contributed by atoms with Crippen LogP contribution >= 0.6 is 23.2 Å². The van der Waals surface area contributed by atoms with Crippen molar-refractivity contribution in [1.82, 2.24) is 4.31 Å². The number of hydrogen-bond acceptors (Lipinski definition) is 3. The highest BCUT2D eigenvalue weighted by atomic mass is 35.5. The number of sulfonamides is 1. The van der Waals surface area contributed by atoms with E-state index < -0.39 is 22.0 Å². The number of carboxylic acid groups (broad SMARTS) is 1. The molecular formula is C12H13Cl2NO4S. The van der Waals surface area contributed by atoms with E-state index in [0.717, 1.165) is 4.31 Å². The number of aliphatic carboxylic acids is 1. The van der Waals surface area contributed by atoms with Gasteiger partial charge >= 0.3 is 5.97 Å². The molecule has 0 aliphatic carbocycles. The molecule has 0 aromatic heterocycles. The maximum absolute atomic E-state index is 12.5. The van der Waals surface area contributed by atoms with Gasteiger partial charge in [0.25, 0.3) is 0 Å². The molecule has 2 atom stereocenters. The molecule has 2 unspecified atom stereocenters. The number of benzene rings is 1. The fourth-order valence-corrected chi connectivity index (χ4v) is 4.40. The van der Waals surface area contributed by atoms with Gasteiger partial charge in [-0.3, -0.25) is 4.79 Å². The van der Waals surface area contributed by atoms with Crippen LogP contribution in [0.3, 0.4) is 0 Å². The van der Waals surface area contributed by atoms with Crippen molar-refractivity contribution in [3.63, 3.8) is 0 Å². The minimum atomic E-state index is -3.90. The summed E-state index contributed by atoms with van der Waals surface area (Å²) < 4.78 is 26.1. The van der Waals surface area contributed by atoms with Gasteiger partial charge in [0, 0.05) is 6.54 Å². The Labute approximate surface area is 127 Å². The van der Waals surface area contributed by atoms with Crippen LogP contribution in [0.4, 0.5) is 0 Å². The van der Waals surface area contributed by atoms with E-state index in [4.69, 9.17) is 23.2 Å². The molecule has 1 N–H and O–H groups in total. The molecular weight excluding hydrogens is 325 g/mol. The van der Waals surface area contributed by atoms with Gasteiger partial charge in [-0.05, 0) is 30.5 Å². The second kappa shape index (κ2) is 5.52. The van der Waals surface area contributed by atoms with Gasteiger partial charge in [-0.2, -0.15) is 4.31 Å². The van der Waals surface area contributed by atoms with E-state index in [1.54, 1.807) is 6.92 Å². The van der Waals surface area contributed by atoms with Crippen molar-refractivity contribution in [2.75, 3.05) is 6.54 Å². The van der Waals surface area contributed by atoms with Crippen molar-refractivity contribution in [2.45, 2.75) is 24.3 Å². The zero-order valence-electron chi connectivity index (χ0n) is 10.6. The Kier molecular flexibility index (Phi) is 4.30. The maximum Gasteiger partial charge on any atom is 0.322 e. The number of carboxylic acids is 1. The van der Waals surface area contributed by atoms with Gasteiger partial charge in [-0.1, -0.05) is 30.1 Å². The van der Waals surface area contributed by atoms with Crippen molar-refractivity contribution in [1.29, 1.82) is 0 Å². The summed E-state index contributed by atoms with van der Waals surface area (Å²) in [6, 6.07) is 2.90. The Bertz CT molecular complexity index is 647. The molecule has 0 radical (unpaired) electrons. The number of halogens is 2.